The molecular formula is C15H30N2O3S. The van der Waals surface area contributed by atoms with Crippen molar-refractivity contribution in [2.24, 2.45) is 0 Å². The van der Waals surface area contributed by atoms with Crippen LogP contribution in [0.25, 0.3) is 0 Å². The van der Waals surface area contributed by atoms with Gasteiger partial charge in [-0.2, -0.15) is 0 Å². The van der Waals surface area contributed by atoms with Gasteiger partial charge in [0.2, 0.25) is 0 Å². The molecule has 2 aliphatic rings. The number of aliphatic hydroxyl groups is 1. The smallest absolute Gasteiger partial charge is 0.151 e. The Morgan fingerprint density at radius 2 is 2.05 bits per heavy atom. The highest BCUT2D eigenvalue weighted by Crippen LogP contribution is 2.27. The van der Waals surface area contributed by atoms with Crippen LogP contribution in [0.2, 0.25) is 0 Å². The van der Waals surface area contributed by atoms with Crippen LogP contribution in [0, 0.1) is 0 Å². The molecule has 2 atom stereocenters. The van der Waals surface area contributed by atoms with E-state index in [0.29, 0.717) is 17.5 Å². The molecule has 1 aliphatic carbocycles. The van der Waals surface area contributed by atoms with Crippen LogP contribution in [-0.2, 0) is 9.84 Å². The monoisotopic (exact) mass is 318 g/mol. The lowest BCUT2D eigenvalue weighted by Gasteiger charge is -2.33. The molecular weight excluding hydrogens is 288 g/mol. The summed E-state index contributed by atoms with van der Waals surface area (Å²) in [5, 5.41) is 13.3. The fraction of sp³-hybridized carbons (Fsp3) is 1.00. The standard InChI is InChI=1S/C15H30N2O3S/c1-3-15(12-18,16-13-5-6-13)8-4-9-17(2)14-7-10-21(19,20)11-14/h13-14,16,18H,3-12H2,1-2H3. The normalized spacial score (nSPS) is 27.9. The number of sulfone groups is 1. The van der Waals surface area contributed by atoms with Gasteiger partial charge in [-0.25, -0.2) is 8.42 Å². The van der Waals surface area contributed by atoms with E-state index in [4.69, 9.17) is 0 Å². The molecule has 0 amide bonds. The highest BCUT2D eigenvalue weighted by Gasteiger charge is 2.35. The molecule has 0 spiro atoms. The van der Waals surface area contributed by atoms with Gasteiger partial charge >= 0.3 is 0 Å². The van der Waals surface area contributed by atoms with Crippen LogP contribution >= 0.6 is 0 Å². The van der Waals surface area contributed by atoms with Gasteiger partial charge in [0.05, 0.1) is 18.1 Å². The summed E-state index contributed by atoms with van der Waals surface area (Å²) in [6.45, 7) is 3.20. The van der Waals surface area contributed by atoms with Crippen molar-refractivity contribution in [3.63, 3.8) is 0 Å². The molecule has 124 valence electrons. The lowest BCUT2D eigenvalue weighted by atomic mass is 9.90. The predicted molar refractivity (Wildman–Crippen MR) is 85.2 cm³/mol. The molecule has 1 aliphatic heterocycles. The van der Waals surface area contributed by atoms with Gasteiger partial charge in [-0.15, -0.1) is 0 Å². The SMILES string of the molecule is CCC(CO)(CCCN(C)C1CCS(=O)(=O)C1)NC1CC1. The molecule has 2 unspecified atom stereocenters. The zero-order valence-electron chi connectivity index (χ0n) is 13.3. The number of nitrogens with one attached hydrogen (secondary N) is 1. The van der Waals surface area contributed by atoms with Gasteiger partial charge in [-0.1, -0.05) is 6.92 Å². The number of hydrogen-bond acceptors (Lipinski definition) is 5. The Hall–Kier alpha value is -0.170. The Labute approximate surface area is 129 Å². The zero-order valence-corrected chi connectivity index (χ0v) is 14.2. The maximum absolute atomic E-state index is 11.5. The van der Waals surface area contributed by atoms with Gasteiger partial charge in [0.15, 0.2) is 9.84 Å². The van der Waals surface area contributed by atoms with Gasteiger partial charge in [0.25, 0.3) is 0 Å². The molecule has 0 aromatic heterocycles. The number of aliphatic hydroxyl groups excluding tert-OH is 1. The molecule has 6 heteroatoms. The van der Waals surface area contributed by atoms with Crippen molar-refractivity contribution in [2.75, 3.05) is 31.7 Å². The second-order valence-corrected chi connectivity index (χ2v) is 9.08. The first-order valence-electron chi connectivity index (χ1n) is 8.19. The average molecular weight is 318 g/mol. The van der Waals surface area contributed by atoms with Crippen molar-refractivity contribution in [1.29, 1.82) is 0 Å². The minimum absolute atomic E-state index is 0.149. The first kappa shape index (κ1) is 17.2. The van der Waals surface area contributed by atoms with Crippen molar-refractivity contribution in [1.82, 2.24) is 10.2 Å². The minimum Gasteiger partial charge on any atom is -0.394 e. The Bertz CT molecular complexity index is 430. The maximum Gasteiger partial charge on any atom is 0.151 e. The van der Waals surface area contributed by atoms with Crippen molar-refractivity contribution in [3.8, 4) is 0 Å². The Kier molecular flexibility index (Phi) is 5.68. The summed E-state index contributed by atoms with van der Waals surface area (Å²) >= 11 is 0. The molecule has 0 radical (unpaired) electrons. The van der Waals surface area contributed by atoms with Crippen LogP contribution < -0.4 is 5.32 Å². The summed E-state index contributed by atoms with van der Waals surface area (Å²) in [5.41, 5.74) is -0.149. The van der Waals surface area contributed by atoms with Crippen LogP contribution in [0.3, 0.4) is 0 Å². The van der Waals surface area contributed by atoms with Crippen molar-refractivity contribution >= 4 is 9.84 Å². The summed E-state index contributed by atoms with van der Waals surface area (Å²) in [5.74, 6) is 0.642. The van der Waals surface area contributed by atoms with E-state index in [0.717, 1.165) is 32.2 Å². The van der Waals surface area contributed by atoms with Gasteiger partial charge in [-0.3, -0.25) is 0 Å². The first-order chi connectivity index (χ1) is 9.90. The van der Waals surface area contributed by atoms with Gasteiger partial charge in [-0.05, 0) is 52.1 Å². The van der Waals surface area contributed by atoms with E-state index in [1.165, 1.54) is 12.8 Å². The van der Waals surface area contributed by atoms with E-state index in [1.54, 1.807) is 0 Å². The van der Waals surface area contributed by atoms with Crippen LogP contribution in [-0.4, -0.2) is 67.8 Å². The van der Waals surface area contributed by atoms with E-state index in [9.17, 15) is 13.5 Å². The van der Waals surface area contributed by atoms with Gasteiger partial charge in [0, 0.05) is 17.6 Å². The van der Waals surface area contributed by atoms with E-state index in [2.05, 4.69) is 17.1 Å². The molecule has 0 aromatic rings. The molecule has 0 bridgehead atoms. The van der Waals surface area contributed by atoms with Crippen molar-refractivity contribution in [3.05, 3.63) is 0 Å². The van der Waals surface area contributed by atoms with Crippen LogP contribution in [0.5, 0.6) is 0 Å². The lowest BCUT2D eigenvalue weighted by molar-refractivity contribution is 0.135. The van der Waals surface area contributed by atoms with Crippen molar-refractivity contribution in [2.45, 2.75) is 63.1 Å². The summed E-state index contributed by atoms with van der Waals surface area (Å²) < 4.78 is 23.1. The van der Waals surface area contributed by atoms with Crippen LogP contribution in [0.15, 0.2) is 0 Å². The van der Waals surface area contributed by atoms with Crippen LogP contribution in [0.1, 0.15) is 45.4 Å². The van der Waals surface area contributed by atoms with E-state index in [1.807, 2.05) is 7.05 Å². The molecule has 2 fully saturated rings. The summed E-state index contributed by atoms with van der Waals surface area (Å²) in [7, 11) is -0.785. The molecule has 5 nitrogen and oxygen atoms in total. The highest BCUT2D eigenvalue weighted by molar-refractivity contribution is 7.91. The average Bonchev–Trinajstić information content (AvgIpc) is 3.18. The fourth-order valence-corrected chi connectivity index (χ4v) is 5.03. The molecule has 1 saturated carbocycles. The highest BCUT2D eigenvalue weighted by atomic mass is 32.2. The molecule has 1 saturated heterocycles. The summed E-state index contributed by atoms with van der Waals surface area (Å²) in [4.78, 5) is 2.18. The quantitative estimate of drug-likeness (QED) is 0.657. The van der Waals surface area contributed by atoms with Crippen LogP contribution in [0.4, 0.5) is 0 Å². The Morgan fingerprint density at radius 3 is 2.52 bits per heavy atom. The molecule has 1 heterocycles. The van der Waals surface area contributed by atoms with E-state index >= 15 is 0 Å². The Balaban J connectivity index is 1.76. The molecule has 2 N–H and O–H groups in total. The van der Waals surface area contributed by atoms with E-state index in [-0.39, 0.29) is 18.2 Å². The summed E-state index contributed by atoms with van der Waals surface area (Å²) in [6, 6.07) is 0.770. The number of hydrogen-bond donors (Lipinski definition) is 2. The third-order valence-electron chi connectivity index (χ3n) is 5.06. The second kappa shape index (κ2) is 6.94. The predicted octanol–water partition coefficient (Wildman–Crippen LogP) is 0.779. The maximum atomic E-state index is 11.5. The largest absolute Gasteiger partial charge is 0.394 e. The Morgan fingerprint density at radius 1 is 1.33 bits per heavy atom. The lowest BCUT2D eigenvalue weighted by Crippen LogP contribution is -2.49. The molecule has 0 aromatic carbocycles. The minimum atomic E-state index is -2.80. The first-order valence-corrected chi connectivity index (χ1v) is 10.0. The van der Waals surface area contributed by atoms with Gasteiger partial charge in [0.1, 0.15) is 0 Å². The molecule has 21 heavy (non-hydrogen) atoms. The fourth-order valence-electron chi connectivity index (χ4n) is 3.22. The third-order valence-corrected chi connectivity index (χ3v) is 6.82. The topological polar surface area (TPSA) is 69.6 Å². The molecule has 2 rings (SSSR count). The van der Waals surface area contributed by atoms with Crippen molar-refractivity contribution < 1.29 is 13.5 Å². The number of nitrogens with zero attached hydrogens (tertiary/aromatic N) is 1. The van der Waals surface area contributed by atoms with E-state index < -0.39 is 9.84 Å². The number of rotatable bonds is 9. The summed E-state index contributed by atoms with van der Waals surface area (Å²) in [6.07, 6.45) is 6.07. The second-order valence-electron chi connectivity index (χ2n) is 6.85. The zero-order chi connectivity index (χ0) is 15.5. The van der Waals surface area contributed by atoms with Gasteiger partial charge < -0.3 is 15.3 Å². The third kappa shape index (κ3) is 4.91.